The predicted octanol–water partition coefficient (Wildman–Crippen LogP) is 1.87. The van der Waals surface area contributed by atoms with Crippen LogP contribution < -0.4 is 4.90 Å². The zero-order valence-corrected chi connectivity index (χ0v) is 12.3. The fourth-order valence-electron chi connectivity index (χ4n) is 2.84. The molecule has 0 amide bonds. The number of imidazole rings is 1. The summed E-state index contributed by atoms with van der Waals surface area (Å²) in [5.41, 5.74) is 1.55. The van der Waals surface area contributed by atoms with Gasteiger partial charge in [0.05, 0.1) is 24.4 Å². The van der Waals surface area contributed by atoms with Crippen molar-refractivity contribution in [3.05, 3.63) is 12.7 Å². The maximum Gasteiger partial charge on any atom is 0.165 e. The Balaban J connectivity index is 1.87. The Bertz CT molecular complexity index is 730. The lowest BCUT2D eigenvalue weighted by molar-refractivity contribution is 0.517. The smallest absolute Gasteiger partial charge is 0.165 e. The Morgan fingerprint density at radius 1 is 1.18 bits per heavy atom. The van der Waals surface area contributed by atoms with Crippen molar-refractivity contribution in [3.63, 3.8) is 0 Å². The van der Waals surface area contributed by atoms with Crippen LogP contribution in [0.2, 0.25) is 0 Å². The molecule has 112 valence electrons. The summed E-state index contributed by atoms with van der Waals surface area (Å²) in [7, 11) is 0. The molecule has 0 aromatic carbocycles. The molecule has 1 fully saturated rings. The van der Waals surface area contributed by atoms with E-state index in [9.17, 15) is 5.26 Å². The van der Waals surface area contributed by atoms with E-state index in [1.54, 1.807) is 12.7 Å². The van der Waals surface area contributed by atoms with E-state index in [1.165, 1.54) is 12.8 Å². The molecule has 0 spiro atoms. The molecule has 2 aromatic rings. The minimum absolute atomic E-state index is 0.206. The molecule has 1 aliphatic rings. The van der Waals surface area contributed by atoms with Crippen LogP contribution in [0.1, 0.15) is 25.7 Å². The Kier molecular flexibility index (Phi) is 4.15. The highest BCUT2D eigenvalue weighted by Gasteiger charge is 2.20. The van der Waals surface area contributed by atoms with Gasteiger partial charge in [0.1, 0.15) is 6.33 Å². The van der Waals surface area contributed by atoms with Gasteiger partial charge in [0.2, 0.25) is 0 Å². The van der Waals surface area contributed by atoms with Crippen molar-refractivity contribution in [2.75, 3.05) is 18.0 Å². The van der Waals surface area contributed by atoms with Crippen LogP contribution in [0.15, 0.2) is 12.7 Å². The summed E-state index contributed by atoms with van der Waals surface area (Å²) in [6.07, 6.45) is 6.59. The summed E-state index contributed by atoms with van der Waals surface area (Å²) in [4.78, 5) is 15.4. The summed E-state index contributed by atoms with van der Waals surface area (Å²) in [5, 5.41) is 17.9. The summed E-state index contributed by atoms with van der Waals surface area (Å²) < 4.78 is 1.89. The third kappa shape index (κ3) is 2.71. The van der Waals surface area contributed by atoms with Gasteiger partial charge >= 0.3 is 0 Å². The number of nitriles is 2. The van der Waals surface area contributed by atoms with Crippen LogP contribution in [-0.4, -0.2) is 32.6 Å². The fraction of sp³-hybridized carbons (Fsp3) is 0.533. The van der Waals surface area contributed by atoms with E-state index < -0.39 is 0 Å². The van der Waals surface area contributed by atoms with Crippen LogP contribution in [0.3, 0.4) is 0 Å². The van der Waals surface area contributed by atoms with Crippen LogP contribution >= 0.6 is 0 Å². The van der Waals surface area contributed by atoms with Gasteiger partial charge in [0.15, 0.2) is 17.0 Å². The first kappa shape index (κ1) is 14.3. The van der Waals surface area contributed by atoms with Crippen LogP contribution in [0, 0.1) is 28.6 Å². The molecule has 0 unspecified atom stereocenters. The molecule has 0 radical (unpaired) electrons. The molecule has 7 heteroatoms. The minimum Gasteiger partial charge on any atom is -0.355 e. The number of hydrogen-bond acceptors (Lipinski definition) is 6. The third-order valence-electron chi connectivity index (χ3n) is 3.99. The number of fused-ring (bicyclic) bond motifs is 1. The molecule has 1 atom stereocenters. The van der Waals surface area contributed by atoms with E-state index in [4.69, 9.17) is 5.26 Å². The Morgan fingerprint density at radius 3 is 2.73 bits per heavy atom. The van der Waals surface area contributed by atoms with Gasteiger partial charge in [-0.2, -0.15) is 10.5 Å². The lowest BCUT2D eigenvalue weighted by Crippen LogP contribution is -2.19. The summed E-state index contributed by atoms with van der Waals surface area (Å²) in [5.74, 6) is 0.675. The lowest BCUT2D eigenvalue weighted by Gasteiger charge is -2.16. The molecular formula is C15H17N7. The largest absolute Gasteiger partial charge is 0.355 e. The van der Waals surface area contributed by atoms with E-state index in [2.05, 4.69) is 32.0 Å². The quantitative estimate of drug-likeness (QED) is 0.835. The van der Waals surface area contributed by atoms with Crippen LogP contribution in [0.5, 0.6) is 0 Å². The summed E-state index contributed by atoms with van der Waals surface area (Å²) in [6, 6.07) is 4.34. The van der Waals surface area contributed by atoms with Gasteiger partial charge in [-0.25, -0.2) is 15.0 Å². The Hall–Kier alpha value is -2.67. The number of rotatable bonds is 5. The lowest BCUT2D eigenvalue weighted by atomic mass is 10.1. The van der Waals surface area contributed by atoms with Gasteiger partial charge in [-0.05, 0) is 19.3 Å². The first-order valence-corrected chi connectivity index (χ1v) is 7.51. The average Bonchev–Trinajstić information content (AvgIpc) is 3.21. The molecule has 0 bridgehead atoms. The van der Waals surface area contributed by atoms with Gasteiger partial charge in [-0.1, -0.05) is 0 Å². The van der Waals surface area contributed by atoms with Crippen molar-refractivity contribution in [2.24, 2.45) is 5.92 Å². The summed E-state index contributed by atoms with van der Waals surface area (Å²) >= 11 is 0. The normalized spacial score (nSPS) is 15.6. The van der Waals surface area contributed by atoms with E-state index in [-0.39, 0.29) is 5.92 Å². The molecule has 3 rings (SSSR count). The van der Waals surface area contributed by atoms with Gasteiger partial charge in [-0.3, -0.25) is 0 Å². The number of anilines is 1. The van der Waals surface area contributed by atoms with Crippen LogP contribution in [0.4, 0.5) is 5.82 Å². The molecule has 0 aliphatic carbocycles. The monoisotopic (exact) mass is 295 g/mol. The molecule has 1 aliphatic heterocycles. The van der Waals surface area contributed by atoms with Crippen molar-refractivity contribution in [2.45, 2.75) is 32.2 Å². The fourth-order valence-corrected chi connectivity index (χ4v) is 2.84. The number of aromatic nitrogens is 4. The van der Waals surface area contributed by atoms with Crippen molar-refractivity contribution in [3.8, 4) is 12.1 Å². The van der Waals surface area contributed by atoms with E-state index >= 15 is 0 Å². The predicted molar refractivity (Wildman–Crippen MR) is 80.7 cm³/mol. The Labute approximate surface area is 128 Å². The highest BCUT2D eigenvalue weighted by atomic mass is 15.2. The SMILES string of the molecule is N#CCC[C@@H](C#N)Cn1cnc2c(N3CCCC3)ncnc21. The maximum absolute atomic E-state index is 9.22. The highest BCUT2D eigenvalue weighted by molar-refractivity contribution is 5.83. The standard InChI is InChI=1S/C15H17N7/c16-5-3-4-12(8-17)9-22-11-20-13-14(18-10-19-15(13)22)21-6-1-2-7-21/h10-12H,1-4,6-7,9H2/t12-/m0/s1. The van der Waals surface area contributed by atoms with Crippen LogP contribution in [-0.2, 0) is 6.54 Å². The third-order valence-corrected chi connectivity index (χ3v) is 3.99. The topological polar surface area (TPSA) is 94.4 Å². The molecule has 3 heterocycles. The van der Waals surface area contributed by atoms with Gasteiger partial charge in [-0.15, -0.1) is 0 Å². The molecule has 1 saturated heterocycles. The molecular weight excluding hydrogens is 278 g/mol. The average molecular weight is 295 g/mol. The maximum atomic E-state index is 9.22. The van der Waals surface area contributed by atoms with Crippen molar-refractivity contribution < 1.29 is 0 Å². The highest BCUT2D eigenvalue weighted by Crippen LogP contribution is 2.25. The number of hydrogen-bond donors (Lipinski definition) is 0. The van der Waals surface area contributed by atoms with Crippen molar-refractivity contribution >= 4 is 17.0 Å². The molecule has 7 nitrogen and oxygen atoms in total. The first-order chi connectivity index (χ1) is 10.8. The number of nitrogens with zero attached hydrogens (tertiary/aromatic N) is 7. The second-order valence-electron chi connectivity index (χ2n) is 5.48. The molecule has 0 saturated carbocycles. The second-order valence-corrected chi connectivity index (χ2v) is 5.48. The molecule has 0 N–H and O–H groups in total. The van der Waals surface area contributed by atoms with E-state index in [1.807, 2.05) is 4.57 Å². The molecule has 2 aromatic heterocycles. The Morgan fingerprint density at radius 2 is 2.00 bits per heavy atom. The van der Waals surface area contributed by atoms with Crippen molar-refractivity contribution in [1.82, 2.24) is 19.5 Å². The molecule has 22 heavy (non-hydrogen) atoms. The van der Waals surface area contributed by atoms with Crippen LogP contribution in [0.25, 0.3) is 11.2 Å². The van der Waals surface area contributed by atoms with Gasteiger partial charge in [0.25, 0.3) is 0 Å². The van der Waals surface area contributed by atoms with E-state index in [0.29, 0.717) is 19.4 Å². The zero-order valence-electron chi connectivity index (χ0n) is 12.3. The van der Waals surface area contributed by atoms with E-state index in [0.717, 1.165) is 30.1 Å². The van der Waals surface area contributed by atoms with Crippen molar-refractivity contribution in [1.29, 1.82) is 10.5 Å². The minimum atomic E-state index is -0.206. The zero-order chi connectivity index (χ0) is 15.4. The van der Waals surface area contributed by atoms with Gasteiger partial charge < -0.3 is 9.47 Å². The first-order valence-electron chi connectivity index (χ1n) is 7.51. The summed E-state index contributed by atoms with van der Waals surface area (Å²) in [6.45, 7) is 2.51. The second kappa shape index (κ2) is 6.40. The van der Waals surface area contributed by atoms with Gasteiger partial charge in [0, 0.05) is 26.1 Å².